The number of hydrogen-bond acceptors (Lipinski definition) is 18. The molecule has 20 heteroatoms. The molecule has 20 nitrogen and oxygen atoms in total. The molecule has 6 rings (SSSR count). The number of aliphatic hydroxyl groups excluding tert-OH is 3. The van der Waals surface area contributed by atoms with Crippen LogP contribution in [-0.4, -0.2) is 196 Å². The summed E-state index contributed by atoms with van der Waals surface area (Å²) >= 11 is 0. The number of aromatic nitrogens is 6. The topological polar surface area (TPSA) is 242 Å². The Morgan fingerprint density at radius 2 is 1.59 bits per heavy atom. The second-order valence-corrected chi connectivity index (χ2v) is 22.8. The number of aliphatic hydroxyl groups is 5. The minimum Gasteiger partial charge on any atom is -0.459 e. The number of nitrogens with zero attached hydrogens (tertiary/aromatic N) is 8. The number of hydrogen-bond donors (Lipinski definition) is 5. The Kier molecular flexibility index (Phi) is 20.4. The number of carbonyl (C=O) groups is 1. The molecule has 0 radical (unpaired) electrons. The Bertz CT molecular complexity index is 2210. The molecule has 0 amide bonds. The molecule has 2 aromatic heterocycles. The van der Waals surface area contributed by atoms with Crippen LogP contribution in [0.4, 0.5) is 0 Å². The average molecular weight is 1040 g/mol. The predicted molar refractivity (Wildman–Crippen MR) is 276 cm³/mol. The Morgan fingerprint density at radius 1 is 0.892 bits per heavy atom. The number of likely N-dealkylation sites (N-methyl/N-ethyl adjacent to an activating group) is 2. The second kappa shape index (κ2) is 25.3. The Labute approximate surface area is 439 Å². The van der Waals surface area contributed by atoms with Gasteiger partial charge in [0.25, 0.3) is 0 Å². The first kappa shape index (κ1) is 59.7. The summed E-state index contributed by atoms with van der Waals surface area (Å²) in [6.07, 6.45) is -1.55. The largest absolute Gasteiger partial charge is 0.459 e. The number of methoxy groups -OCH3 is 1. The van der Waals surface area contributed by atoms with Crippen LogP contribution in [0.1, 0.15) is 125 Å². The van der Waals surface area contributed by atoms with Crippen LogP contribution >= 0.6 is 0 Å². The van der Waals surface area contributed by atoms with Crippen molar-refractivity contribution in [2.24, 2.45) is 17.8 Å². The van der Waals surface area contributed by atoms with E-state index in [4.69, 9.17) is 28.4 Å². The molecule has 74 heavy (non-hydrogen) atoms. The fourth-order valence-electron chi connectivity index (χ4n) is 11.6. The molecule has 3 aliphatic heterocycles. The van der Waals surface area contributed by atoms with Gasteiger partial charge in [0.2, 0.25) is 0 Å². The minimum absolute atomic E-state index is 0.108. The van der Waals surface area contributed by atoms with Gasteiger partial charge in [0.15, 0.2) is 12.6 Å². The molecule has 0 unspecified atom stereocenters. The lowest BCUT2D eigenvalue weighted by molar-refractivity contribution is -0.318. The lowest BCUT2D eigenvalue weighted by atomic mass is 9.77. The van der Waals surface area contributed by atoms with Crippen molar-refractivity contribution in [3.05, 3.63) is 53.6 Å². The smallest absolute Gasteiger partial charge is 0.311 e. The first-order chi connectivity index (χ1) is 34.8. The minimum atomic E-state index is -1.83. The molecule has 0 spiro atoms. The van der Waals surface area contributed by atoms with Crippen molar-refractivity contribution in [2.75, 3.05) is 34.3 Å². The van der Waals surface area contributed by atoms with E-state index in [1.165, 1.54) is 19.6 Å². The van der Waals surface area contributed by atoms with E-state index in [1.54, 1.807) is 46.2 Å². The number of benzene rings is 1. The van der Waals surface area contributed by atoms with E-state index in [0.29, 0.717) is 25.9 Å². The Hall–Kier alpha value is -3.51. The number of ether oxygens (including phenoxy) is 6. The zero-order chi connectivity index (χ0) is 54.4. The van der Waals surface area contributed by atoms with Crippen molar-refractivity contribution in [3.8, 4) is 5.69 Å². The third-order valence-electron chi connectivity index (χ3n) is 16.3. The van der Waals surface area contributed by atoms with Crippen LogP contribution < -0.4 is 0 Å². The zero-order valence-corrected chi connectivity index (χ0v) is 46.6. The first-order valence-electron chi connectivity index (χ1n) is 26.9. The summed E-state index contributed by atoms with van der Waals surface area (Å²) < 4.78 is 42.0. The van der Waals surface area contributed by atoms with E-state index < -0.39 is 102 Å². The summed E-state index contributed by atoms with van der Waals surface area (Å²) in [6, 6.07) is 7.41. The molecular weight excluding hydrogens is 953 g/mol. The number of carbonyl (C=O) groups excluding carboxylic acids is 1. The van der Waals surface area contributed by atoms with Gasteiger partial charge in [-0.3, -0.25) is 9.48 Å². The number of aryl methyl sites for hydroxylation is 3. The number of esters is 1. The second-order valence-electron chi connectivity index (χ2n) is 22.8. The summed E-state index contributed by atoms with van der Waals surface area (Å²) in [5.74, 6) is -2.75. The van der Waals surface area contributed by atoms with Crippen LogP contribution in [0.5, 0.6) is 0 Å². The van der Waals surface area contributed by atoms with Crippen molar-refractivity contribution in [3.63, 3.8) is 0 Å². The van der Waals surface area contributed by atoms with E-state index in [-0.39, 0.29) is 31.3 Å². The normalized spacial score (nSPS) is 38.4. The molecule has 5 N–H and O–H groups in total. The summed E-state index contributed by atoms with van der Waals surface area (Å²) in [4.78, 5) is 18.5. The third kappa shape index (κ3) is 14.3. The molecule has 0 bridgehead atoms. The number of unbranched alkanes of at least 4 members (excludes halogenated alkanes) is 1. The van der Waals surface area contributed by atoms with E-state index in [2.05, 4.69) is 49.8 Å². The lowest BCUT2D eigenvalue weighted by Crippen LogP contribution is -2.61. The van der Waals surface area contributed by atoms with E-state index in [1.807, 2.05) is 63.8 Å². The highest BCUT2D eigenvalue weighted by Crippen LogP contribution is 2.40. The molecule has 3 fully saturated rings. The summed E-state index contributed by atoms with van der Waals surface area (Å²) in [5.41, 5.74) is -0.566. The molecule has 3 saturated heterocycles. The van der Waals surface area contributed by atoms with Crippen molar-refractivity contribution in [1.82, 2.24) is 39.8 Å². The van der Waals surface area contributed by atoms with Gasteiger partial charge in [0, 0.05) is 63.8 Å². The van der Waals surface area contributed by atoms with Crippen molar-refractivity contribution in [1.29, 1.82) is 0 Å². The highest BCUT2D eigenvalue weighted by Gasteiger charge is 2.53. The molecule has 5 heterocycles. The molecule has 1 aromatic carbocycles. The zero-order valence-electron chi connectivity index (χ0n) is 46.6. The van der Waals surface area contributed by atoms with Gasteiger partial charge in [-0.2, -0.15) is 0 Å². The van der Waals surface area contributed by atoms with Crippen LogP contribution in [0, 0.1) is 24.7 Å². The van der Waals surface area contributed by atoms with Gasteiger partial charge in [-0.05, 0) is 132 Å². The van der Waals surface area contributed by atoms with Crippen LogP contribution in [0.3, 0.4) is 0 Å². The molecule has 3 aromatic rings. The summed E-state index contributed by atoms with van der Waals surface area (Å²) in [5, 5.41) is 76.9. The Morgan fingerprint density at radius 3 is 2.24 bits per heavy atom. The highest BCUT2D eigenvalue weighted by atomic mass is 16.7. The monoisotopic (exact) mass is 1040 g/mol. The molecule has 0 saturated carbocycles. The van der Waals surface area contributed by atoms with Gasteiger partial charge in [0.05, 0.1) is 64.8 Å². The van der Waals surface area contributed by atoms with Gasteiger partial charge in [-0.25, -0.2) is 4.68 Å². The van der Waals surface area contributed by atoms with Crippen molar-refractivity contribution >= 4 is 5.97 Å². The van der Waals surface area contributed by atoms with E-state index in [0.717, 1.165) is 42.9 Å². The maximum Gasteiger partial charge on any atom is 0.311 e. The van der Waals surface area contributed by atoms with Crippen LogP contribution in [0.2, 0.25) is 0 Å². The van der Waals surface area contributed by atoms with Gasteiger partial charge >= 0.3 is 5.97 Å². The maximum atomic E-state index is 14.5. The molecule has 0 aliphatic carbocycles. The number of rotatable bonds is 16. The van der Waals surface area contributed by atoms with Gasteiger partial charge in [0.1, 0.15) is 30.0 Å². The molecule has 18 atom stereocenters. The fraction of sp³-hybridized carbons (Fsp3) is 0.796. The van der Waals surface area contributed by atoms with Crippen LogP contribution in [0.15, 0.2) is 36.7 Å². The lowest BCUT2D eigenvalue weighted by Gasteiger charge is -2.49. The average Bonchev–Trinajstić information content (AvgIpc) is 4.01. The van der Waals surface area contributed by atoms with E-state index in [9.17, 15) is 30.3 Å². The molecule has 3 aliphatic rings. The van der Waals surface area contributed by atoms with E-state index >= 15 is 0 Å². The van der Waals surface area contributed by atoms with Crippen molar-refractivity contribution in [2.45, 2.75) is 224 Å². The fourth-order valence-corrected chi connectivity index (χ4v) is 11.6. The standard InChI is InChI=1S/C54H90N8O12/c1-15-43-54(11,68)47(64)37(7)60(13)29-32(2)27-52(9,67)49(35(5)46(36(6)50(66)72-43)73-44-28-53(10,69-14)48(65)38(8)71-44)74-51-45(63)42(26-34(4)70-51)59(12)25-23-40-31-61(57-56-40)24-17-16-18-39-19-21-41(22-20-39)62-30-33(3)55-58-62/h19-22,30-32,34-38,42-49,51,63-65,67-68H,15-18,23-29H2,1-14H3/t32-,34-,35+,36-,37-,38+,42+,43-,44+,45-,46+,47-,48+,49-,51+,52-,53-,54-/m1/s1. The summed E-state index contributed by atoms with van der Waals surface area (Å²) in [7, 11) is 5.31. The highest BCUT2D eigenvalue weighted by molar-refractivity contribution is 5.73. The summed E-state index contributed by atoms with van der Waals surface area (Å²) in [6.45, 7) is 21.3. The third-order valence-corrected chi connectivity index (χ3v) is 16.3. The maximum absolute atomic E-state index is 14.5. The van der Waals surface area contributed by atoms with Crippen molar-refractivity contribution < 1.29 is 58.7 Å². The van der Waals surface area contributed by atoms with Gasteiger partial charge in [-0.1, -0.05) is 43.3 Å². The van der Waals surface area contributed by atoms with Gasteiger partial charge < -0.3 is 63.8 Å². The SMILES string of the molecule is CC[C@H]1OC(=O)[C@H](C)[C@@H](O[C@H]2C[C@@](C)(OC)[C@@H](O)[C@H](C)O2)[C@H](C)[C@@H](O[C@@H]2O[C@H](C)C[C@H](N(C)CCc3cn(CCCCc4ccc(-n5cc(C)nn5)cc4)nn3)[C@H]2O)[C@](C)(O)C[C@@H](C)CN(C)[C@H](C)[C@@H](O)[C@]1(C)O. The first-order valence-corrected chi connectivity index (χ1v) is 26.9. The molecule has 418 valence electrons. The van der Waals surface area contributed by atoms with Crippen LogP contribution in [-0.2, 0) is 52.6 Å². The van der Waals surface area contributed by atoms with Crippen LogP contribution in [0.25, 0.3) is 5.69 Å². The molecular formula is C54H90N8O12. The predicted octanol–water partition coefficient (Wildman–Crippen LogP) is 4.02. The Balaban J connectivity index is 1.18. The quantitative estimate of drug-likeness (QED) is 0.101. The van der Waals surface area contributed by atoms with Gasteiger partial charge in [-0.15, -0.1) is 10.2 Å². The number of cyclic esters (lactones) is 1.